The molecule has 15 heavy (non-hydrogen) atoms. The van der Waals surface area contributed by atoms with E-state index in [1.54, 1.807) is 0 Å². The van der Waals surface area contributed by atoms with Crippen LogP contribution in [0.3, 0.4) is 0 Å². The first-order chi connectivity index (χ1) is 6.62. The van der Waals surface area contributed by atoms with Gasteiger partial charge in [0, 0.05) is 0 Å². The van der Waals surface area contributed by atoms with Gasteiger partial charge in [-0.1, -0.05) is 0 Å². The van der Waals surface area contributed by atoms with Gasteiger partial charge in [-0.2, -0.15) is 0 Å². The highest BCUT2D eigenvalue weighted by Gasteiger charge is 2.67. The summed E-state index contributed by atoms with van der Waals surface area (Å²) in [6.07, 6.45) is 0. The van der Waals surface area contributed by atoms with Gasteiger partial charge >= 0.3 is 0 Å². The normalized spacial score (nSPS) is 40.4. The van der Waals surface area contributed by atoms with Crippen molar-refractivity contribution in [2.24, 2.45) is 0 Å². The third-order valence-electron chi connectivity index (χ3n) is 1.92. The van der Waals surface area contributed by atoms with Crippen LogP contribution in [0.4, 0.5) is 0 Å². The zero-order valence-electron chi connectivity index (χ0n) is 6.91. The van der Waals surface area contributed by atoms with Gasteiger partial charge in [-0.3, -0.25) is 0 Å². The molecule has 0 aromatic carbocycles. The number of halogens is 6. The molecule has 9 heteroatoms. The average Bonchev–Trinajstić information content (AvgIpc) is 2.88. The second-order valence-corrected chi connectivity index (χ2v) is 12.3. The van der Waals surface area contributed by atoms with Crippen LogP contribution in [-0.2, 0) is 14.2 Å². The molecular formula is C6H4Br6O3. The summed E-state index contributed by atoms with van der Waals surface area (Å²) in [5, 5.41) is 0. The fraction of sp³-hybridized carbons (Fsp3) is 1.00. The van der Waals surface area contributed by atoms with Crippen molar-refractivity contribution in [3.8, 4) is 0 Å². The summed E-state index contributed by atoms with van der Waals surface area (Å²) in [6, 6.07) is 0. The van der Waals surface area contributed by atoms with Gasteiger partial charge in [0.2, 0.25) is 6.84 Å². The maximum absolute atomic E-state index is 5.80. The minimum atomic E-state index is -0.854. The number of rotatable bonds is 4. The molecule has 88 valence electrons. The van der Waals surface area contributed by atoms with E-state index in [9.17, 15) is 0 Å². The van der Waals surface area contributed by atoms with Crippen LogP contribution < -0.4 is 0 Å². The fourth-order valence-corrected chi connectivity index (χ4v) is 3.92. The van der Waals surface area contributed by atoms with Crippen LogP contribution in [0.1, 0.15) is 0 Å². The van der Waals surface area contributed by atoms with Crippen molar-refractivity contribution < 1.29 is 14.2 Å². The lowest BCUT2D eigenvalue weighted by Crippen LogP contribution is -2.43. The van der Waals surface area contributed by atoms with Gasteiger partial charge in [0.15, 0.2) is 9.02 Å². The molecular weight excluding hydrogens is 599 g/mol. The molecule has 2 unspecified atom stereocenters. The number of epoxide rings is 2. The molecule has 2 heterocycles. The van der Waals surface area contributed by atoms with Crippen molar-refractivity contribution in [1.82, 2.24) is 0 Å². The summed E-state index contributed by atoms with van der Waals surface area (Å²) in [5.41, 5.74) is 0. The molecule has 2 fully saturated rings. The van der Waals surface area contributed by atoms with E-state index in [1.807, 2.05) is 0 Å². The molecule has 2 atom stereocenters. The number of ether oxygens (including phenoxy) is 3. The number of hydrogen-bond acceptors (Lipinski definition) is 3. The molecule has 0 bridgehead atoms. The average molecular weight is 604 g/mol. The highest BCUT2D eigenvalue weighted by atomic mass is 79.9. The molecule has 0 N–H and O–H groups in total. The molecule has 0 aliphatic carbocycles. The standard InChI is InChI=1S/C6H4Br6O3/c7-3(1-13-3)5(9,10)15-6(11,12)4(8)2-14-4/h1-2H2. The maximum atomic E-state index is 5.80. The predicted molar refractivity (Wildman–Crippen MR) is 77.5 cm³/mol. The summed E-state index contributed by atoms with van der Waals surface area (Å²) in [4.78, 5) is 0. The van der Waals surface area contributed by atoms with Gasteiger partial charge < -0.3 is 14.2 Å². The minimum absolute atomic E-state index is 0.551. The predicted octanol–water partition coefficient (Wildman–Crippen LogP) is 4.13. The molecule has 0 amide bonds. The Morgan fingerprint density at radius 2 is 1.13 bits per heavy atom. The Morgan fingerprint density at radius 1 is 0.867 bits per heavy atom. The summed E-state index contributed by atoms with van der Waals surface area (Å²) >= 11 is 20.5. The second-order valence-electron chi connectivity index (χ2n) is 3.17. The quantitative estimate of drug-likeness (QED) is 0.358. The first kappa shape index (κ1) is 14.2. The summed E-state index contributed by atoms with van der Waals surface area (Å²) in [7, 11) is 0. The van der Waals surface area contributed by atoms with Crippen LogP contribution in [0.2, 0.25) is 0 Å². The van der Waals surface area contributed by atoms with E-state index < -0.39 is 15.9 Å². The lowest BCUT2D eigenvalue weighted by Gasteiger charge is -2.33. The SMILES string of the molecule is BrC(Br)(OC(Br)(Br)C1(Br)CO1)C1(Br)CO1. The zero-order chi connectivity index (χ0) is 11.5. The van der Waals surface area contributed by atoms with Gasteiger partial charge in [0.25, 0.3) is 0 Å². The van der Waals surface area contributed by atoms with Crippen LogP contribution in [0, 0.1) is 0 Å². The molecule has 0 radical (unpaired) electrons. The highest BCUT2D eigenvalue weighted by Crippen LogP contribution is 2.61. The van der Waals surface area contributed by atoms with E-state index in [1.165, 1.54) is 0 Å². The van der Waals surface area contributed by atoms with Gasteiger partial charge in [0.1, 0.15) is 0 Å². The van der Waals surface area contributed by atoms with Gasteiger partial charge in [-0.15, -0.1) is 0 Å². The second kappa shape index (κ2) is 4.13. The van der Waals surface area contributed by atoms with Crippen molar-refractivity contribution in [2.45, 2.75) is 15.9 Å². The minimum Gasteiger partial charge on any atom is -0.352 e. The van der Waals surface area contributed by atoms with Gasteiger partial charge in [0.05, 0.1) is 13.2 Å². The van der Waals surface area contributed by atoms with E-state index in [0.29, 0.717) is 13.2 Å². The topological polar surface area (TPSA) is 34.3 Å². The molecule has 2 rings (SSSR count). The Hall–Kier alpha value is 2.76. The summed E-state index contributed by atoms with van der Waals surface area (Å²) < 4.78 is 13.4. The Kier molecular flexibility index (Phi) is 3.90. The van der Waals surface area contributed by atoms with Crippen LogP contribution >= 0.6 is 95.6 Å². The molecule has 2 aliphatic heterocycles. The number of alkyl halides is 6. The molecule has 0 spiro atoms. The van der Waals surface area contributed by atoms with E-state index in [2.05, 4.69) is 95.6 Å². The highest BCUT2D eigenvalue weighted by molar-refractivity contribution is 9.27. The van der Waals surface area contributed by atoms with Gasteiger partial charge in [-0.05, 0) is 95.6 Å². The summed E-state index contributed by atoms with van der Waals surface area (Å²) in [6.45, 7) is 1.10. The lowest BCUT2D eigenvalue weighted by atomic mass is 10.5. The van der Waals surface area contributed by atoms with E-state index >= 15 is 0 Å². The first-order valence-electron chi connectivity index (χ1n) is 3.73. The Balaban J connectivity index is 2.07. The molecule has 0 saturated carbocycles. The van der Waals surface area contributed by atoms with Crippen molar-refractivity contribution in [3.63, 3.8) is 0 Å². The van der Waals surface area contributed by atoms with Crippen molar-refractivity contribution in [1.29, 1.82) is 0 Å². The first-order valence-corrected chi connectivity index (χ1v) is 8.49. The summed E-state index contributed by atoms with van der Waals surface area (Å²) in [5.74, 6) is 0. The van der Waals surface area contributed by atoms with E-state index in [4.69, 9.17) is 14.2 Å². The van der Waals surface area contributed by atoms with E-state index in [-0.39, 0.29) is 0 Å². The van der Waals surface area contributed by atoms with Crippen LogP contribution in [0.25, 0.3) is 0 Å². The Morgan fingerprint density at radius 3 is 1.33 bits per heavy atom. The van der Waals surface area contributed by atoms with Crippen LogP contribution in [0.15, 0.2) is 0 Å². The molecule has 2 saturated heterocycles. The third-order valence-corrected chi connectivity index (χ3v) is 9.29. The molecule has 3 nitrogen and oxygen atoms in total. The Bertz CT molecular complexity index is 257. The molecule has 2 aliphatic rings. The molecule has 0 aromatic heterocycles. The van der Waals surface area contributed by atoms with Crippen molar-refractivity contribution in [2.75, 3.05) is 13.2 Å². The monoisotopic (exact) mass is 598 g/mol. The fourth-order valence-electron chi connectivity index (χ4n) is 0.776. The van der Waals surface area contributed by atoms with Crippen molar-refractivity contribution >= 4 is 95.6 Å². The Labute approximate surface area is 137 Å². The molecule has 0 aromatic rings. The maximum Gasteiger partial charge on any atom is 0.221 e. The smallest absolute Gasteiger partial charge is 0.221 e. The third kappa shape index (κ3) is 2.70. The van der Waals surface area contributed by atoms with Gasteiger partial charge in [-0.25, -0.2) is 0 Å². The zero-order valence-corrected chi connectivity index (χ0v) is 16.4. The van der Waals surface area contributed by atoms with Crippen LogP contribution in [-0.4, -0.2) is 29.1 Å². The van der Waals surface area contributed by atoms with E-state index in [0.717, 1.165) is 0 Å². The van der Waals surface area contributed by atoms with Crippen LogP contribution in [0.5, 0.6) is 0 Å². The lowest BCUT2D eigenvalue weighted by molar-refractivity contribution is 0.0223. The van der Waals surface area contributed by atoms with Crippen molar-refractivity contribution in [3.05, 3.63) is 0 Å². The number of hydrogen-bond donors (Lipinski definition) is 0. The largest absolute Gasteiger partial charge is 0.352 e.